The summed E-state index contributed by atoms with van der Waals surface area (Å²) in [6.07, 6.45) is -1.76. The first-order valence-electron chi connectivity index (χ1n) is 6.42. The summed E-state index contributed by atoms with van der Waals surface area (Å²) in [5.41, 5.74) is 1.03. The number of ether oxygens (including phenoxy) is 2. The van der Waals surface area contributed by atoms with Gasteiger partial charge in [-0.15, -0.1) is 0 Å². The molecule has 1 aromatic carbocycles. The molecule has 110 valence electrons. The SMILES string of the molecule is COc1cc(C)ccc1OCC(=O)N1CC(O)C(O)C1. The Labute approximate surface area is 117 Å². The summed E-state index contributed by atoms with van der Waals surface area (Å²) in [4.78, 5) is 13.3. The topological polar surface area (TPSA) is 79.2 Å². The first-order valence-corrected chi connectivity index (χ1v) is 6.42. The van der Waals surface area contributed by atoms with Gasteiger partial charge in [0.05, 0.1) is 19.3 Å². The van der Waals surface area contributed by atoms with E-state index in [9.17, 15) is 15.0 Å². The number of aliphatic hydroxyl groups excluding tert-OH is 2. The molecule has 20 heavy (non-hydrogen) atoms. The van der Waals surface area contributed by atoms with Gasteiger partial charge in [0.1, 0.15) is 0 Å². The van der Waals surface area contributed by atoms with Crippen molar-refractivity contribution < 1.29 is 24.5 Å². The lowest BCUT2D eigenvalue weighted by Gasteiger charge is -2.16. The van der Waals surface area contributed by atoms with E-state index < -0.39 is 12.2 Å². The number of amides is 1. The highest BCUT2D eigenvalue weighted by Crippen LogP contribution is 2.27. The first-order chi connectivity index (χ1) is 9.51. The molecular formula is C14H19NO5. The summed E-state index contributed by atoms with van der Waals surface area (Å²) in [7, 11) is 1.54. The highest BCUT2D eigenvalue weighted by atomic mass is 16.5. The summed E-state index contributed by atoms with van der Waals surface area (Å²) in [5, 5.41) is 18.8. The van der Waals surface area contributed by atoms with Gasteiger partial charge < -0.3 is 24.6 Å². The van der Waals surface area contributed by atoms with E-state index in [0.717, 1.165) is 5.56 Å². The number of carbonyl (C=O) groups is 1. The number of aliphatic hydroxyl groups is 2. The van der Waals surface area contributed by atoms with E-state index in [-0.39, 0.29) is 25.6 Å². The molecule has 2 N–H and O–H groups in total. The zero-order chi connectivity index (χ0) is 14.7. The van der Waals surface area contributed by atoms with E-state index >= 15 is 0 Å². The lowest BCUT2D eigenvalue weighted by molar-refractivity contribution is -0.132. The second kappa shape index (κ2) is 6.11. The molecule has 2 unspecified atom stereocenters. The molecule has 0 spiro atoms. The Balaban J connectivity index is 1.94. The standard InChI is InChI=1S/C14H19NO5/c1-9-3-4-12(13(5-9)19-2)20-8-14(18)15-6-10(16)11(17)7-15/h3-5,10-11,16-17H,6-8H2,1-2H3. The third kappa shape index (κ3) is 3.20. The van der Waals surface area contributed by atoms with Crippen LogP contribution >= 0.6 is 0 Å². The van der Waals surface area contributed by atoms with E-state index in [4.69, 9.17) is 9.47 Å². The lowest BCUT2D eigenvalue weighted by atomic mass is 10.2. The van der Waals surface area contributed by atoms with Crippen LogP contribution in [-0.4, -0.2) is 60.0 Å². The average Bonchev–Trinajstić information content (AvgIpc) is 2.77. The summed E-state index contributed by atoms with van der Waals surface area (Å²) in [5.74, 6) is 0.786. The highest BCUT2D eigenvalue weighted by Gasteiger charge is 2.32. The number of likely N-dealkylation sites (tertiary alicyclic amines) is 1. The molecule has 2 atom stereocenters. The third-order valence-corrected chi connectivity index (χ3v) is 3.28. The monoisotopic (exact) mass is 281 g/mol. The van der Waals surface area contributed by atoms with Crippen LogP contribution in [0, 0.1) is 6.92 Å². The molecule has 6 nitrogen and oxygen atoms in total. The Morgan fingerprint density at radius 3 is 2.55 bits per heavy atom. The predicted molar refractivity (Wildman–Crippen MR) is 71.8 cm³/mol. The van der Waals surface area contributed by atoms with Crippen LogP contribution in [0.25, 0.3) is 0 Å². The largest absolute Gasteiger partial charge is 0.493 e. The summed E-state index contributed by atoms with van der Waals surface area (Å²) in [6, 6.07) is 5.43. The minimum Gasteiger partial charge on any atom is -0.493 e. The van der Waals surface area contributed by atoms with Crippen LogP contribution in [0.15, 0.2) is 18.2 Å². The maximum atomic E-state index is 11.9. The molecule has 1 heterocycles. The van der Waals surface area contributed by atoms with E-state index in [1.165, 1.54) is 12.0 Å². The van der Waals surface area contributed by atoms with E-state index in [1.807, 2.05) is 19.1 Å². The number of hydrogen-bond acceptors (Lipinski definition) is 5. The van der Waals surface area contributed by atoms with Crippen molar-refractivity contribution in [2.75, 3.05) is 26.8 Å². The van der Waals surface area contributed by atoms with Crippen molar-refractivity contribution in [3.8, 4) is 11.5 Å². The molecule has 0 aliphatic carbocycles. The fourth-order valence-corrected chi connectivity index (χ4v) is 2.10. The number of hydrogen-bond donors (Lipinski definition) is 2. The van der Waals surface area contributed by atoms with Gasteiger partial charge in [0.2, 0.25) is 0 Å². The minimum atomic E-state index is -0.882. The van der Waals surface area contributed by atoms with Crippen LogP contribution in [0.3, 0.4) is 0 Å². The lowest BCUT2D eigenvalue weighted by Crippen LogP contribution is -2.34. The maximum absolute atomic E-state index is 11.9. The first kappa shape index (κ1) is 14.6. The second-order valence-corrected chi connectivity index (χ2v) is 4.88. The summed E-state index contributed by atoms with van der Waals surface area (Å²) in [6.45, 7) is 2.05. The number of aryl methyl sites for hydroxylation is 1. The molecule has 0 saturated carbocycles. The van der Waals surface area contributed by atoms with Gasteiger partial charge in [0.25, 0.3) is 5.91 Å². The van der Waals surface area contributed by atoms with Gasteiger partial charge in [-0.2, -0.15) is 0 Å². The van der Waals surface area contributed by atoms with Crippen molar-refractivity contribution in [1.82, 2.24) is 4.90 Å². The molecule has 6 heteroatoms. The average molecular weight is 281 g/mol. The van der Waals surface area contributed by atoms with Crippen molar-refractivity contribution in [2.24, 2.45) is 0 Å². The molecule has 1 aliphatic heterocycles. The molecule has 0 aromatic heterocycles. The van der Waals surface area contributed by atoms with Gasteiger partial charge >= 0.3 is 0 Å². The van der Waals surface area contributed by atoms with Crippen LogP contribution < -0.4 is 9.47 Å². The normalized spacial score (nSPS) is 21.9. The zero-order valence-electron chi connectivity index (χ0n) is 11.6. The Kier molecular flexibility index (Phi) is 4.46. The van der Waals surface area contributed by atoms with Crippen LogP contribution in [0.2, 0.25) is 0 Å². The van der Waals surface area contributed by atoms with Gasteiger partial charge in [-0.25, -0.2) is 0 Å². The number of β-amino-alcohol motifs (C(OH)–C–C–N with tert-alkyl or cyclic N) is 2. The number of nitrogens with zero attached hydrogens (tertiary/aromatic N) is 1. The Bertz CT molecular complexity index is 480. The fourth-order valence-electron chi connectivity index (χ4n) is 2.10. The predicted octanol–water partition coefficient (Wildman–Crippen LogP) is -0.0536. The van der Waals surface area contributed by atoms with Crippen molar-refractivity contribution in [2.45, 2.75) is 19.1 Å². The van der Waals surface area contributed by atoms with Gasteiger partial charge in [-0.1, -0.05) is 6.07 Å². The van der Waals surface area contributed by atoms with Crippen molar-refractivity contribution >= 4 is 5.91 Å². The fraction of sp³-hybridized carbons (Fsp3) is 0.500. The number of carbonyl (C=O) groups excluding carboxylic acids is 1. The number of rotatable bonds is 4. The Morgan fingerprint density at radius 1 is 1.30 bits per heavy atom. The van der Waals surface area contributed by atoms with Gasteiger partial charge in [0.15, 0.2) is 18.1 Å². The molecular weight excluding hydrogens is 262 g/mol. The van der Waals surface area contributed by atoms with Crippen molar-refractivity contribution in [3.63, 3.8) is 0 Å². The zero-order valence-corrected chi connectivity index (χ0v) is 11.6. The van der Waals surface area contributed by atoms with Crippen LogP contribution in [0.4, 0.5) is 0 Å². The van der Waals surface area contributed by atoms with Crippen molar-refractivity contribution in [1.29, 1.82) is 0 Å². The molecule has 1 aliphatic rings. The molecule has 1 fully saturated rings. The van der Waals surface area contributed by atoms with E-state index in [2.05, 4.69) is 0 Å². The Hall–Kier alpha value is -1.79. The molecule has 0 radical (unpaired) electrons. The van der Waals surface area contributed by atoms with Gasteiger partial charge in [-0.05, 0) is 24.6 Å². The highest BCUT2D eigenvalue weighted by molar-refractivity contribution is 5.78. The van der Waals surface area contributed by atoms with Gasteiger partial charge in [0, 0.05) is 13.1 Å². The molecule has 0 bridgehead atoms. The summed E-state index contributed by atoms with van der Waals surface area (Å²) >= 11 is 0. The van der Waals surface area contributed by atoms with Gasteiger partial charge in [-0.3, -0.25) is 4.79 Å². The smallest absolute Gasteiger partial charge is 0.260 e. The van der Waals surface area contributed by atoms with Crippen LogP contribution in [-0.2, 0) is 4.79 Å². The Morgan fingerprint density at radius 2 is 1.95 bits per heavy atom. The molecule has 1 aromatic rings. The third-order valence-electron chi connectivity index (χ3n) is 3.28. The quantitative estimate of drug-likeness (QED) is 0.808. The van der Waals surface area contributed by atoms with E-state index in [0.29, 0.717) is 11.5 Å². The molecule has 2 rings (SSSR count). The molecule has 1 saturated heterocycles. The second-order valence-electron chi connectivity index (χ2n) is 4.88. The molecule has 1 amide bonds. The van der Waals surface area contributed by atoms with E-state index in [1.54, 1.807) is 6.07 Å². The van der Waals surface area contributed by atoms with Crippen molar-refractivity contribution in [3.05, 3.63) is 23.8 Å². The van der Waals surface area contributed by atoms with Crippen LogP contribution in [0.5, 0.6) is 11.5 Å². The summed E-state index contributed by atoms with van der Waals surface area (Å²) < 4.78 is 10.6. The number of methoxy groups -OCH3 is 1. The minimum absolute atomic E-state index is 0.133. The maximum Gasteiger partial charge on any atom is 0.260 e. The van der Waals surface area contributed by atoms with Crippen LogP contribution in [0.1, 0.15) is 5.56 Å². The number of benzene rings is 1.